The standard InChI is InChI=1S/C16H14O4/c1-19-14-9-4-3-7-12(14)15(18)13-8-5-6-11(10-17)16(13)20-2/h3-10H,1-2H3. The highest BCUT2D eigenvalue weighted by Crippen LogP contribution is 2.28. The number of carbonyl (C=O) groups excluding carboxylic acids is 2. The van der Waals surface area contributed by atoms with E-state index in [1.165, 1.54) is 14.2 Å². The zero-order valence-electron chi connectivity index (χ0n) is 11.3. The van der Waals surface area contributed by atoms with Crippen LogP contribution >= 0.6 is 0 Å². The summed E-state index contributed by atoms with van der Waals surface area (Å²) in [5, 5.41) is 0. The van der Waals surface area contributed by atoms with Crippen molar-refractivity contribution in [2.75, 3.05) is 14.2 Å². The lowest BCUT2D eigenvalue weighted by molar-refractivity contribution is 0.103. The van der Waals surface area contributed by atoms with E-state index in [4.69, 9.17) is 9.47 Å². The van der Waals surface area contributed by atoms with Gasteiger partial charge in [0, 0.05) is 0 Å². The van der Waals surface area contributed by atoms with Gasteiger partial charge in [-0.3, -0.25) is 9.59 Å². The van der Waals surface area contributed by atoms with Crippen LogP contribution in [0, 0.1) is 0 Å². The van der Waals surface area contributed by atoms with Gasteiger partial charge in [0.05, 0.1) is 30.9 Å². The second-order valence-electron chi connectivity index (χ2n) is 4.08. The molecular weight excluding hydrogens is 256 g/mol. The van der Waals surface area contributed by atoms with Crippen LogP contribution in [-0.4, -0.2) is 26.3 Å². The first kappa shape index (κ1) is 13.8. The molecule has 4 nitrogen and oxygen atoms in total. The van der Waals surface area contributed by atoms with Crippen LogP contribution in [0.2, 0.25) is 0 Å². The lowest BCUT2D eigenvalue weighted by Crippen LogP contribution is -2.07. The molecule has 0 aromatic heterocycles. The Bertz CT molecular complexity index is 647. The summed E-state index contributed by atoms with van der Waals surface area (Å²) in [7, 11) is 2.94. The molecule has 2 aromatic carbocycles. The van der Waals surface area contributed by atoms with Gasteiger partial charge in [0.1, 0.15) is 11.5 Å². The van der Waals surface area contributed by atoms with Crippen molar-refractivity contribution in [3.05, 3.63) is 59.2 Å². The molecule has 0 saturated carbocycles. The van der Waals surface area contributed by atoms with E-state index in [0.717, 1.165) is 0 Å². The molecule has 2 aromatic rings. The molecule has 0 aliphatic rings. The van der Waals surface area contributed by atoms with E-state index < -0.39 is 0 Å². The topological polar surface area (TPSA) is 52.6 Å². The second kappa shape index (κ2) is 6.02. The molecule has 0 saturated heterocycles. The van der Waals surface area contributed by atoms with Gasteiger partial charge >= 0.3 is 0 Å². The monoisotopic (exact) mass is 270 g/mol. The highest BCUT2D eigenvalue weighted by molar-refractivity contribution is 6.13. The Morgan fingerprint density at radius 3 is 2.30 bits per heavy atom. The van der Waals surface area contributed by atoms with E-state index in [9.17, 15) is 9.59 Å². The summed E-state index contributed by atoms with van der Waals surface area (Å²) in [5.41, 5.74) is 1.10. The molecule has 0 amide bonds. The predicted molar refractivity (Wildman–Crippen MR) is 74.8 cm³/mol. The lowest BCUT2D eigenvalue weighted by atomic mass is 9.99. The van der Waals surface area contributed by atoms with Gasteiger partial charge in [0.15, 0.2) is 12.1 Å². The smallest absolute Gasteiger partial charge is 0.200 e. The molecule has 0 atom stereocenters. The molecule has 0 heterocycles. The van der Waals surface area contributed by atoms with Crippen molar-refractivity contribution in [3.63, 3.8) is 0 Å². The summed E-state index contributed by atoms with van der Waals surface area (Å²) in [6.07, 6.45) is 0.665. The molecule has 0 spiro atoms. The first-order valence-corrected chi connectivity index (χ1v) is 6.02. The number of ketones is 1. The molecule has 102 valence electrons. The summed E-state index contributed by atoms with van der Waals surface area (Å²) in [5.74, 6) is 0.512. The van der Waals surface area contributed by atoms with Crippen molar-refractivity contribution < 1.29 is 19.1 Å². The summed E-state index contributed by atoms with van der Waals surface area (Å²) in [6, 6.07) is 11.8. The van der Waals surface area contributed by atoms with E-state index in [1.807, 2.05) is 0 Å². The number of methoxy groups -OCH3 is 2. The number of rotatable bonds is 5. The van der Waals surface area contributed by atoms with Gasteiger partial charge in [-0.25, -0.2) is 0 Å². The van der Waals surface area contributed by atoms with Crippen LogP contribution < -0.4 is 9.47 Å². The Labute approximate surface area is 116 Å². The quantitative estimate of drug-likeness (QED) is 0.619. The average Bonchev–Trinajstić information content (AvgIpc) is 2.53. The number of carbonyl (C=O) groups is 2. The third-order valence-corrected chi connectivity index (χ3v) is 2.97. The molecule has 2 rings (SSSR count). The fraction of sp³-hybridized carbons (Fsp3) is 0.125. The van der Waals surface area contributed by atoms with E-state index >= 15 is 0 Å². The Hall–Kier alpha value is -2.62. The first-order chi connectivity index (χ1) is 9.72. The van der Waals surface area contributed by atoms with Crippen LogP contribution in [0.25, 0.3) is 0 Å². The SMILES string of the molecule is COc1ccccc1C(=O)c1cccc(C=O)c1OC. The number of ether oxygens (including phenoxy) is 2. The highest BCUT2D eigenvalue weighted by Gasteiger charge is 2.19. The zero-order valence-corrected chi connectivity index (χ0v) is 11.3. The van der Waals surface area contributed by atoms with Crippen molar-refractivity contribution in [2.24, 2.45) is 0 Å². The minimum Gasteiger partial charge on any atom is -0.496 e. The average molecular weight is 270 g/mol. The number of hydrogen-bond acceptors (Lipinski definition) is 4. The van der Waals surface area contributed by atoms with Gasteiger partial charge in [-0.15, -0.1) is 0 Å². The normalized spacial score (nSPS) is 9.90. The van der Waals surface area contributed by atoms with Crippen molar-refractivity contribution >= 4 is 12.1 Å². The summed E-state index contributed by atoms with van der Waals surface area (Å²) in [4.78, 5) is 23.6. The van der Waals surface area contributed by atoms with Gasteiger partial charge in [-0.05, 0) is 24.3 Å². The molecule has 20 heavy (non-hydrogen) atoms. The van der Waals surface area contributed by atoms with Gasteiger partial charge < -0.3 is 9.47 Å². The van der Waals surface area contributed by atoms with E-state index in [2.05, 4.69) is 0 Å². The number of aldehydes is 1. The Kier molecular flexibility index (Phi) is 4.15. The van der Waals surface area contributed by atoms with Gasteiger partial charge in [0.2, 0.25) is 0 Å². The molecule has 0 aliphatic heterocycles. The van der Waals surface area contributed by atoms with E-state index in [-0.39, 0.29) is 11.5 Å². The van der Waals surface area contributed by atoms with Crippen LogP contribution in [0.4, 0.5) is 0 Å². The van der Waals surface area contributed by atoms with Crippen molar-refractivity contribution in [1.82, 2.24) is 0 Å². The molecule has 0 N–H and O–H groups in total. The third kappa shape index (κ3) is 2.40. The highest BCUT2D eigenvalue weighted by atomic mass is 16.5. The molecule has 0 bridgehead atoms. The second-order valence-corrected chi connectivity index (χ2v) is 4.08. The van der Waals surface area contributed by atoms with Crippen molar-refractivity contribution in [3.8, 4) is 11.5 Å². The lowest BCUT2D eigenvalue weighted by Gasteiger charge is -2.11. The Morgan fingerprint density at radius 2 is 1.65 bits per heavy atom. The first-order valence-electron chi connectivity index (χ1n) is 6.02. The summed E-state index contributed by atoms with van der Waals surface area (Å²) >= 11 is 0. The number of benzene rings is 2. The fourth-order valence-corrected chi connectivity index (χ4v) is 2.03. The maximum Gasteiger partial charge on any atom is 0.200 e. The Balaban J connectivity index is 2.56. The minimum absolute atomic E-state index is 0.247. The zero-order chi connectivity index (χ0) is 14.5. The van der Waals surface area contributed by atoms with Crippen molar-refractivity contribution in [1.29, 1.82) is 0 Å². The summed E-state index contributed by atoms with van der Waals surface area (Å²) in [6.45, 7) is 0. The molecule has 0 aliphatic carbocycles. The Morgan fingerprint density at radius 1 is 0.950 bits per heavy atom. The largest absolute Gasteiger partial charge is 0.496 e. The molecule has 0 unspecified atom stereocenters. The van der Waals surface area contributed by atoms with E-state index in [1.54, 1.807) is 42.5 Å². The van der Waals surface area contributed by atoms with Gasteiger partial charge in [-0.2, -0.15) is 0 Å². The number of hydrogen-bond donors (Lipinski definition) is 0. The molecule has 0 fully saturated rings. The summed E-state index contributed by atoms with van der Waals surface area (Å²) < 4.78 is 10.4. The van der Waals surface area contributed by atoms with Crippen molar-refractivity contribution in [2.45, 2.75) is 0 Å². The van der Waals surface area contributed by atoms with Crippen LogP contribution in [0.5, 0.6) is 11.5 Å². The number of para-hydroxylation sites is 2. The van der Waals surface area contributed by atoms with Gasteiger partial charge in [-0.1, -0.05) is 18.2 Å². The molecular formula is C16H14O4. The third-order valence-electron chi connectivity index (χ3n) is 2.97. The van der Waals surface area contributed by atoms with Crippen LogP contribution in [0.3, 0.4) is 0 Å². The molecule has 0 radical (unpaired) electrons. The maximum atomic E-state index is 12.6. The van der Waals surface area contributed by atoms with E-state index in [0.29, 0.717) is 28.7 Å². The van der Waals surface area contributed by atoms with Crippen LogP contribution in [0.15, 0.2) is 42.5 Å². The predicted octanol–water partition coefficient (Wildman–Crippen LogP) is 2.75. The van der Waals surface area contributed by atoms with Gasteiger partial charge in [0.25, 0.3) is 0 Å². The van der Waals surface area contributed by atoms with Crippen LogP contribution in [0.1, 0.15) is 26.3 Å². The fourth-order valence-electron chi connectivity index (χ4n) is 2.03. The minimum atomic E-state index is -0.247. The molecule has 4 heteroatoms. The maximum absolute atomic E-state index is 12.6. The van der Waals surface area contributed by atoms with Crippen LogP contribution in [-0.2, 0) is 0 Å².